The largest absolute Gasteiger partial charge is 0.415 e. The van der Waals surface area contributed by atoms with E-state index in [9.17, 15) is 13.2 Å². The molecule has 0 bridgehead atoms. The van der Waals surface area contributed by atoms with Gasteiger partial charge >= 0.3 is 0 Å². The molecule has 0 saturated carbocycles. The van der Waals surface area contributed by atoms with Gasteiger partial charge in [-0.1, -0.05) is 53.7 Å². The molecule has 0 spiro atoms. The average Bonchev–Trinajstić information content (AvgIpc) is 2.75. The summed E-state index contributed by atoms with van der Waals surface area (Å²) in [5, 5.41) is 0.106. The zero-order valence-corrected chi connectivity index (χ0v) is 29.2. The van der Waals surface area contributed by atoms with Crippen LogP contribution in [0.2, 0.25) is 36.3 Å². The van der Waals surface area contributed by atoms with Crippen molar-refractivity contribution in [2.24, 2.45) is 0 Å². The van der Waals surface area contributed by atoms with Crippen molar-refractivity contribution in [3.63, 3.8) is 0 Å². The lowest BCUT2D eigenvalue weighted by Crippen LogP contribution is -2.50. The Balaban J connectivity index is 3.30. The first-order valence-corrected chi connectivity index (χ1v) is 21.2. The van der Waals surface area contributed by atoms with Crippen molar-refractivity contribution in [3.05, 3.63) is 29.8 Å². The van der Waals surface area contributed by atoms with Crippen LogP contribution in [-0.2, 0) is 23.7 Å². The van der Waals surface area contributed by atoms with Gasteiger partial charge in [-0.3, -0.25) is 0 Å². The van der Waals surface area contributed by atoms with Gasteiger partial charge in [-0.15, -0.1) is 0 Å². The van der Waals surface area contributed by atoms with E-state index in [1.165, 1.54) is 0 Å². The van der Waals surface area contributed by atoms with Gasteiger partial charge in [-0.25, -0.2) is 8.42 Å². The second kappa shape index (κ2) is 13.2. The Kier molecular flexibility index (Phi) is 12.2. The third-order valence-corrected chi connectivity index (χ3v) is 19.6. The predicted molar refractivity (Wildman–Crippen MR) is 164 cm³/mol. The molecule has 38 heavy (non-hydrogen) atoms. The highest BCUT2D eigenvalue weighted by molar-refractivity contribution is 7.89. The number of benzene rings is 1. The molecule has 0 aliphatic heterocycles. The molecule has 1 aromatic carbocycles. The van der Waals surface area contributed by atoms with Gasteiger partial charge in [-0.05, 0) is 87.6 Å². The number of carbonyl (C=O) groups excluding carboxylic acids is 1. The normalized spacial score (nSPS) is 15.7. The molecule has 0 aliphatic rings. The van der Waals surface area contributed by atoms with Gasteiger partial charge in [0.15, 0.2) is 16.6 Å². The summed E-state index contributed by atoms with van der Waals surface area (Å²) in [7, 11) is -7.85. The summed E-state index contributed by atoms with van der Waals surface area (Å²) < 4.78 is 42.6. The van der Waals surface area contributed by atoms with Crippen LogP contribution >= 0.6 is 0 Å². The molecule has 0 amide bonds. The Hall–Kier alpha value is -0.846. The molecule has 1 aromatic rings. The van der Waals surface area contributed by atoms with E-state index in [0.29, 0.717) is 25.9 Å². The minimum atomic E-state index is -3.79. The summed E-state index contributed by atoms with van der Waals surface area (Å²) in [4.78, 5) is 11.3. The first-order valence-electron chi connectivity index (χ1n) is 14.0. The number of unbranched alkanes of at least 4 members (excludes halogenated alkanes) is 1. The zero-order chi connectivity index (χ0) is 29.7. The van der Waals surface area contributed by atoms with Gasteiger partial charge in [0.1, 0.15) is 6.29 Å². The third-order valence-electron chi connectivity index (χ3n) is 8.37. The fourth-order valence-corrected chi connectivity index (χ4v) is 8.11. The van der Waals surface area contributed by atoms with E-state index in [0.717, 1.165) is 11.8 Å². The SMILES string of the molecule is CC(C)N(C(CCCC=O)CO[Si](C)(C)C(C)(C)C)S(=O)(=O)c1ccc([C@H](C)O[Si](C)(C)C(C)(C)C)cc1. The first-order chi connectivity index (χ1) is 17.1. The van der Waals surface area contributed by atoms with Gasteiger partial charge in [0.05, 0.1) is 17.6 Å². The van der Waals surface area contributed by atoms with Crippen LogP contribution in [0.15, 0.2) is 29.2 Å². The van der Waals surface area contributed by atoms with Gasteiger partial charge < -0.3 is 13.6 Å². The van der Waals surface area contributed by atoms with Crippen LogP contribution in [-0.4, -0.2) is 54.3 Å². The standard InChI is InChI=1S/C29H55NO5SSi2/c1-23(2)30(26(16-14-15-21-31)22-34-37(10,11)28(4,5)6)36(32,33)27-19-17-25(18-20-27)24(3)35-38(12,13)29(7,8)9/h17-21,23-24,26H,14-16,22H2,1-13H3/t24-,26?/m0/s1. The maximum absolute atomic E-state index is 14.0. The summed E-state index contributed by atoms with van der Waals surface area (Å²) in [5.74, 6) is 0. The van der Waals surface area contributed by atoms with Crippen molar-refractivity contribution in [2.45, 2.75) is 141 Å². The van der Waals surface area contributed by atoms with E-state index in [2.05, 4.69) is 67.7 Å². The fourth-order valence-electron chi connectivity index (χ4n) is 3.86. The highest BCUT2D eigenvalue weighted by atomic mass is 32.2. The van der Waals surface area contributed by atoms with Gasteiger partial charge in [0.2, 0.25) is 10.0 Å². The molecule has 0 heterocycles. The predicted octanol–water partition coefficient (Wildman–Crippen LogP) is 7.93. The van der Waals surface area contributed by atoms with Gasteiger partial charge in [0, 0.05) is 18.5 Å². The van der Waals surface area contributed by atoms with Gasteiger partial charge in [-0.2, -0.15) is 4.31 Å². The quantitative estimate of drug-likeness (QED) is 0.126. The van der Waals surface area contributed by atoms with Crippen LogP contribution in [0.3, 0.4) is 0 Å². The molecule has 1 unspecified atom stereocenters. The van der Waals surface area contributed by atoms with Crippen LogP contribution in [0.1, 0.15) is 93.2 Å². The Morgan fingerprint density at radius 1 is 0.895 bits per heavy atom. The number of hydrogen-bond acceptors (Lipinski definition) is 5. The van der Waals surface area contributed by atoms with Crippen LogP contribution < -0.4 is 0 Å². The van der Waals surface area contributed by atoms with E-state index >= 15 is 0 Å². The zero-order valence-electron chi connectivity index (χ0n) is 26.3. The molecule has 0 radical (unpaired) electrons. The molecule has 0 N–H and O–H groups in total. The number of carbonyl (C=O) groups is 1. The Morgan fingerprint density at radius 2 is 1.39 bits per heavy atom. The maximum Gasteiger partial charge on any atom is 0.243 e. The number of hydrogen-bond donors (Lipinski definition) is 0. The topological polar surface area (TPSA) is 72.9 Å². The minimum absolute atomic E-state index is 0.0148. The Morgan fingerprint density at radius 3 is 1.82 bits per heavy atom. The molecule has 1 rings (SSSR count). The van der Waals surface area contributed by atoms with E-state index in [4.69, 9.17) is 8.85 Å². The number of aldehydes is 1. The molecule has 220 valence electrons. The fraction of sp³-hybridized carbons (Fsp3) is 0.759. The van der Waals surface area contributed by atoms with Crippen molar-refractivity contribution in [2.75, 3.05) is 6.61 Å². The van der Waals surface area contributed by atoms with Crippen molar-refractivity contribution in [1.29, 1.82) is 0 Å². The number of rotatable bonds is 14. The summed E-state index contributed by atoms with van der Waals surface area (Å²) in [5.41, 5.74) is 0.966. The Labute approximate surface area is 236 Å². The number of nitrogens with zero attached hydrogens (tertiary/aromatic N) is 1. The monoisotopic (exact) mass is 585 g/mol. The second-order valence-electron chi connectivity index (χ2n) is 13.8. The molecular weight excluding hydrogens is 531 g/mol. The minimum Gasteiger partial charge on any atom is -0.415 e. The molecule has 9 heteroatoms. The third kappa shape index (κ3) is 9.09. The van der Waals surface area contributed by atoms with Crippen LogP contribution in [0.25, 0.3) is 0 Å². The summed E-state index contributed by atoms with van der Waals surface area (Å²) in [6.45, 7) is 28.1. The van der Waals surface area contributed by atoms with Crippen molar-refractivity contribution < 1.29 is 22.1 Å². The van der Waals surface area contributed by atoms with Gasteiger partial charge in [0.25, 0.3) is 0 Å². The van der Waals surface area contributed by atoms with Crippen molar-refractivity contribution in [1.82, 2.24) is 4.31 Å². The van der Waals surface area contributed by atoms with Crippen LogP contribution in [0, 0.1) is 0 Å². The first kappa shape index (κ1) is 35.2. The Bertz CT molecular complexity index is 993. The number of sulfonamides is 1. The van der Waals surface area contributed by atoms with E-state index in [1.807, 2.05) is 32.9 Å². The summed E-state index contributed by atoms with van der Waals surface area (Å²) in [6, 6.07) is 6.53. The van der Waals surface area contributed by atoms with Crippen LogP contribution in [0.4, 0.5) is 0 Å². The molecular formula is C29H55NO5SSi2. The summed E-state index contributed by atoms with van der Waals surface area (Å²) in [6.07, 6.45) is 2.37. The smallest absolute Gasteiger partial charge is 0.243 e. The lowest BCUT2D eigenvalue weighted by atomic mass is 10.1. The molecule has 0 aliphatic carbocycles. The molecule has 0 aromatic heterocycles. The van der Waals surface area contributed by atoms with E-state index < -0.39 is 26.7 Å². The second-order valence-corrected chi connectivity index (χ2v) is 25.2. The molecule has 0 fully saturated rings. The van der Waals surface area contributed by atoms with Crippen molar-refractivity contribution in [3.8, 4) is 0 Å². The van der Waals surface area contributed by atoms with E-state index in [1.54, 1.807) is 16.4 Å². The van der Waals surface area contributed by atoms with Crippen molar-refractivity contribution >= 4 is 32.9 Å². The molecule has 6 nitrogen and oxygen atoms in total. The highest BCUT2D eigenvalue weighted by Gasteiger charge is 2.41. The summed E-state index contributed by atoms with van der Waals surface area (Å²) >= 11 is 0. The van der Waals surface area contributed by atoms with E-state index in [-0.39, 0.29) is 33.2 Å². The lowest BCUT2D eigenvalue weighted by molar-refractivity contribution is -0.108. The highest BCUT2D eigenvalue weighted by Crippen LogP contribution is 2.40. The maximum atomic E-state index is 14.0. The lowest BCUT2D eigenvalue weighted by Gasteiger charge is -2.40. The van der Waals surface area contributed by atoms with Crippen LogP contribution in [0.5, 0.6) is 0 Å². The molecule has 2 atom stereocenters. The molecule has 0 saturated heterocycles. The average molecular weight is 586 g/mol.